The molecule has 0 bridgehead atoms. The fourth-order valence-corrected chi connectivity index (χ4v) is 5.01. The molecule has 2 unspecified atom stereocenters. The summed E-state index contributed by atoms with van der Waals surface area (Å²) in [5, 5.41) is 6.42. The molecule has 6 rings (SSSR count). The summed E-state index contributed by atoms with van der Waals surface area (Å²) < 4.78 is 5.79. The average Bonchev–Trinajstić information content (AvgIpc) is 3.15. The van der Waals surface area contributed by atoms with Crippen LogP contribution >= 0.6 is 0 Å². The summed E-state index contributed by atoms with van der Waals surface area (Å²) in [5.41, 5.74) is 6.34. The van der Waals surface area contributed by atoms with Crippen LogP contribution in [0.1, 0.15) is 15.9 Å². The maximum atomic E-state index is 13.2. The summed E-state index contributed by atoms with van der Waals surface area (Å²) in [4.78, 5) is 30.9. The summed E-state index contributed by atoms with van der Waals surface area (Å²) in [6.45, 7) is 2.79. The van der Waals surface area contributed by atoms with E-state index in [-0.39, 0.29) is 17.9 Å². The van der Waals surface area contributed by atoms with Gasteiger partial charge in [0.1, 0.15) is 0 Å². The van der Waals surface area contributed by atoms with E-state index in [0.717, 1.165) is 46.6 Å². The number of hydrogen-bond acceptors (Lipinski definition) is 8. The van der Waals surface area contributed by atoms with Crippen molar-refractivity contribution in [2.45, 2.75) is 6.10 Å². The molecule has 0 spiro atoms. The number of amides is 1. The second-order valence-electron chi connectivity index (χ2n) is 9.85. The SMILES string of the molecule is CN1CCOC(CNC(=O)c2ccncc2Nc2cc(C3=CC#CC4C=CN(C)C4=C3)c3nccnc3c2)C1. The van der Waals surface area contributed by atoms with Gasteiger partial charge in [0.25, 0.3) is 5.91 Å². The van der Waals surface area contributed by atoms with Gasteiger partial charge in [-0.1, -0.05) is 11.8 Å². The minimum atomic E-state index is -0.188. The third-order valence-electron chi connectivity index (χ3n) is 7.06. The van der Waals surface area contributed by atoms with Crippen LogP contribution in [0.2, 0.25) is 0 Å². The van der Waals surface area contributed by atoms with Gasteiger partial charge >= 0.3 is 0 Å². The molecule has 4 heterocycles. The van der Waals surface area contributed by atoms with Crippen molar-refractivity contribution in [1.82, 2.24) is 30.1 Å². The van der Waals surface area contributed by atoms with Crippen molar-refractivity contribution in [1.29, 1.82) is 0 Å². The summed E-state index contributed by atoms with van der Waals surface area (Å²) in [6, 6.07) is 5.66. The molecular formula is C30H29N7O2. The maximum Gasteiger partial charge on any atom is 0.253 e. The number of allylic oxidation sites excluding steroid dienone is 4. The van der Waals surface area contributed by atoms with Gasteiger partial charge in [0.15, 0.2) is 0 Å². The van der Waals surface area contributed by atoms with E-state index in [9.17, 15) is 4.79 Å². The van der Waals surface area contributed by atoms with Gasteiger partial charge in [0, 0.05) is 68.4 Å². The quantitative estimate of drug-likeness (QED) is 0.480. The van der Waals surface area contributed by atoms with Crippen molar-refractivity contribution in [3.8, 4) is 11.8 Å². The van der Waals surface area contributed by atoms with Gasteiger partial charge in [-0.3, -0.25) is 19.7 Å². The zero-order valence-electron chi connectivity index (χ0n) is 21.9. The molecule has 1 aromatic carbocycles. The summed E-state index contributed by atoms with van der Waals surface area (Å²) in [7, 11) is 4.08. The number of likely N-dealkylation sites (N-methyl/N-ethyl adjacent to an activating group) is 1. The van der Waals surface area contributed by atoms with Gasteiger partial charge in [-0.25, -0.2) is 0 Å². The van der Waals surface area contributed by atoms with Crippen LogP contribution in [0.5, 0.6) is 0 Å². The lowest BCUT2D eigenvalue weighted by molar-refractivity contribution is -0.0174. The molecule has 2 N–H and O–H groups in total. The van der Waals surface area contributed by atoms with Crippen molar-refractivity contribution < 1.29 is 9.53 Å². The van der Waals surface area contributed by atoms with Crippen LogP contribution in [0.4, 0.5) is 11.4 Å². The van der Waals surface area contributed by atoms with Gasteiger partial charge in [-0.15, -0.1) is 0 Å². The van der Waals surface area contributed by atoms with Gasteiger partial charge in [-0.2, -0.15) is 0 Å². The first kappa shape index (κ1) is 24.8. The number of morpholine rings is 1. The smallest absolute Gasteiger partial charge is 0.253 e. The van der Waals surface area contributed by atoms with Crippen molar-refractivity contribution in [3.63, 3.8) is 0 Å². The molecule has 1 saturated heterocycles. The van der Waals surface area contributed by atoms with E-state index in [1.165, 1.54) is 0 Å². The number of nitrogens with one attached hydrogen (secondary N) is 2. The van der Waals surface area contributed by atoms with Gasteiger partial charge < -0.3 is 25.2 Å². The van der Waals surface area contributed by atoms with Crippen LogP contribution in [0.15, 0.2) is 73.1 Å². The Balaban J connectivity index is 1.30. The number of rotatable bonds is 6. The second-order valence-corrected chi connectivity index (χ2v) is 9.85. The van der Waals surface area contributed by atoms with E-state index in [1.807, 2.05) is 31.5 Å². The highest BCUT2D eigenvalue weighted by Crippen LogP contribution is 2.34. The first-order valence-corrected chi connectivity index (χ1v) is 12.9. The molecule has 3 aromatic rings. The van der Waals surface area contributed by atoms with E-state index in [1.54, 1.807) is 30.9 Å². The van der Waals surface area contributed by atoms with Crippen LogP contribution in [0.25, 0.3) is 16.6 Å². The molecule has 1 aliphatic carbocycles. The highest BCUT2D eigenvalue weighted by molar-refractivity contribution is 6.01. The normalized spacial score (nSPS) is 20.4. The van der Waals surface area contributed by atoms with Crippen molar-refractivity contribution >= 4 is 33.9 Å². The Morgan fingerprint density at radius 1 is 1.21 bits per heavy atom. The highest BCUT2D eigenvalue weighted by Gasteiger charge is 2.22. The Morgan fingerprint density at radius 3 is 3.00 bits per heavy atom. The molecule has 0 saturated carbocycles. The molecule has 1 amide bonds. The monoisotopic (exact) mass is 519 g/mol. The lowest BCUT2D eigenvalue weighted by atomic mass is 10.00. The average molecular weight is 520 g/mol. The Morgan fingerprint density at radius 2 is 2.10 bits per heavy atom. The molecule has 3 aliphatic rings. The van der Waals surface area contributed by atoms with E-state index < -0.39 is 0 Å². The lowest BCUT2D eigenvalue weighted by Crippen LogP contribution is -2.46. The Kier molecular flexibility index (Phi) is 6.80. The number of carbonyl (C=O) groups is 1. The number of nitrogens with zero attached hydrogens (tertiary/aromatic N) is 5. The molecular weight excluding hydrogens is 490 g/mol. The lowest BCUT2D eigenvalue weighted by Gasteiger charge is -2.30. The molecule has 2 aliphatic heterocycles. The largest absolute Gasteiger partial charge is 0.374 e. The first-order valence-electron chi connectivity index (χ1n) is 12.9. The van der Waals surface area contributed by atoms with Gasteiger partial charge in [-0.05, 0) is 49.0 Å². The molecule has 39 heavy (non-hydrogen) atoms. The van der Waals surface area contributed by atoms with E-state index >= 15 is 0 Å². The predicted octanol–water partition coefficient (Wildman–Crippen LogP) is 3.19. The molecule has 0 radical (unpaired) electrons. The van der Waals surface area contributed by atoms with E-state index in [2.05, 4.69) is 66.4 Å². The number of hydrogen-bond donors (Lipinski definition) is 2. The molecule has 1 fully saturated rings. The summed E-state index contributed by atoms with van der Waals surface area (Å²) in [5.74, 6) is 6.38. The molecule has 9 nitrogen and oxygen atoms in total. The van der Waals surface area contributed by atoms with Crippen LogP contribution in [0, 0.1) is 17.8 Å². The predicted molar refractivity (Wildman–Crippen MR) is 151 cm³/mol. The molecule has 196 valence electrons. The number of ether oxygens (including phenoxy) is 1. The summed E-state index contributed by atoms with van der Waals surface area (Å²) >= 11 is 0. The van der Waals surface area contributed by atoms with Gasteiger partial charge in [0.05, 0.1) is 47.1 Å². The topological polar surface area (TPSA) is 95.5 Å². The molecule has 2 aromatic heterocycles. The Hall–Kier alpha value is -4.52. The van der Waals surface area contributed by atoms with Crippen LogP contribution in [0.3, 0.4) is 0 Å². The van der Waals surface area contributed by atoms with Crippen molar-refractivity contribution in [2.75, 3.05) is 45.7 Å². The fraction of sp³-hybridized carbons (Fsp3) is 0.267. The molecule has 2 atom stereocenters. The third kappa shape index (κ3) is 5.25. The number of fused-ring (bicyclic) bond motifs is 2. The minimum absolute atomic E-state index is 0.0358. The fourth-order valence-electron chi connectivity index (χ4n) is 5.01. The number of anilines is 2. The third-order valence-corrected chi connectivity index (χ3v) is 7.06. The van der Waals surface area contributed by atoms with Crippen molar-refractivity contribution in [3.05, 3.63) is 84.2 Å². The second kappa shape index (κ2) is 10.7. The minimum Gasteiger partial charge on any atom is -0.374 e. The maximum absolute atomic E-state index is 13.2. The number of carbonyl (C=O) groups excluding carboxylic acids is 1. The molecule has 9 heteroatoms. The highest BCUT2D eigenvalue weighted by atomic mass is 16.5. The summed E-state index contributed by atoms with van der Waals surface area (Å²) in [6.07, 6.45) is 14.8. The van der Waals surface area contributed by atoms with Crippen LogP contribution < -0.4 is 10.6 Å². The van der Waals surface area contributed by atoms with Crippen molar-refractivity contribution in [2.24, 2.45) is 5.92 Å². The number of benzene rings is 1. The van der Waals surface area contributed by atoms with E-state index in [0.29, 0.717) is 24.4 Å². The Labute approximate surface area is 227 Å². The van der Waals surface area contributed by atoms with Crippen LogP contribution in [-0.2, 0) is 4.74 Å². The van der Waals surface area contributed by atoms with Gasteiger partial charge in [0.2, 0.25) is 0 Å². The zero-order valence-corrected chi connectivity index (χ0v) is 21.9. The van der Waals surface area contributed by atoms with Crippen LogP contribution in [-0.4, -0.2) is 77.1 Å². The number of pyridine rings is 1. The standard InChI is InChI=1S/C30H29N7O2/c1-36-12-13-39-23(19-36)17-34-30(38)24-6-8-31-18-27(24)35-22-15-25(29-26(16-22)32-9-10-33-29)21-5-3-4-20-7-11-37(2)28(20)14-21/h5-11,14-16,18,20,23,35H,12-13,17,19H2,1-2H3,(H,34,38). The van der Waals surface area contributed by atoms with E-state index in [4.69, 9.17) is 4.74 Å². The Bertz CT molecular complexity index is 1580. The first-order chi connectivity index (χ1) is 19.0. The number of aromatic nitrogens is 3. The zero-order chi connectivity index (χ0) is 26.8.